The predicted octanol–water partition coefficient (Wildman–Crippen LogP) is 1.74. The summed E-state index contributed by atoms with van der Waals surface area (Å²) in [5.41, 5.74) is 5.42. The minimum atomic E-state index is -0.191. The average molecular weight is 269 g/mol. The number of rotatable bonds is 9. The fourth-order valence-electron chi connectivity index (χ4n) is 2.96. The molecule has 0 bridgehead atoms. The Bertz CT molecular complexity index is 252. The Kier molecular flexibility index (Phi) is 8.07. The second-order valence-corrected chi connectivity index (χ2v) is 5.79. The van der Waals surface area contributed by atoms with Crippen LogP contribution in [0.1, 0.15) is 52.4 Å². The third kappa shape index (κ3) is 6.39. The molecule has 1 fully saturated rings. The molecule has 1 unspecified atom stereocenters. The fraction of sp³-hybridized carbons (Fsp3) is 0.933. The van der Waals surface area contributed by atoms with Gasteiger partial charge in [0.1, 0.15) is 0 Å². The first-order valence-electron chi connectivity index (χ1n) is 7.90. The van der Waals surface area contributed by atoms with E-state index >= 15 is 0 Å². The third-order valence-electron chi connectivity index (χ3n) is 4.22. The lowest BCUT2D eigenvalue weighted by molar-refractivity contribution is -0.120. The quantitative estimate of drug-likeness (QED) is 0.670. The van der Waals surface area contributed by atoms with Crippen molar-refractivity contribution in [1.82, 2.24) is 10.2 Å². The van der Waals surface area contributed by atoms with Crippen LogP contribution in [0.5, 0.6) is 0 Å². The first-order chi connectivity index (χ1) is 9.17. The van der Waals surface area contributed by atoms with Crippen LogP contribution < -0.4 is 11.1 Å². The molecule has 19 heavy (non-hydrogen) atoms. The lowest BCUT2D eigenvalue weighted by Crippen LogP contribution is -2.48. The Morgan fingerprint density at radius 3 is 2.58 bits per heavy atom. The van der Waals surface area contributed by atoms with Crippen LogP contribution in [-0.4, -0.2) is 43.0 Å². The Balaban J connectivity index is 2.53. The van der Waals surface area contributed by atoms with E-state index in [4.69, 9.17) is 5.73 Å². The van der Waals surface area contributed by atoms with Gasteiger partial charge in [-0.05, 0) is 38.3 Å². The van der Waals surface area contributed by atoms with Crippen LogP contribution in [0.3, 0.4) is 0 Å². The van der Waals surface area contributed by atoms with Crippen LogP contribution in [0.25, 0.3) is 0 Å². The molecular formula is C15H31N3O. The van der Waals surface area contributed by atoms with Gasteiger partial charge in [0, 0.05) is 12.6 Å². The van der Waals surface area contributed by atoms with E-state index in [1.165, 1.54) is 25.7 Å². The van der Waals surface area contributed by atoms with Gasteiger partial charge in [-0.15, -0.1) is 0 Å². The van der Waals surface area contributed by atoms with E-state index in [0.717, 1.165) is 32.5 Å². The summed E-state index contributed by atoms with van der Waals surface area (Å²) < 4.78 is 0. The number of primary amides is 1. The number of hydrogen-bond donors (Lipinski definition) is 2. The van der Waals surface area contributed by atoms with Crippen LogP contribution in [0.15, 0.2) is 0 Å². The molecule has 1 atom stereocenters. The van der Waals surface area contributed by atoms with Gasteiger partial charge in [-0.25, -0.2) is 0 Å². The molecule has 1 heterocycles. The van der Waals surface area contributed by atoms with Crippen LogP contribution in [0.2, 0.25) is 0 Å². The maximum Gasteiger partial charge on any atom is 0.231 e. The Morgan fingerprint density at radius 2 is 2.05 bits per heavy atom. The molecule has 0 aliphatic carbocycles. The summed E-state index contributed by atoms with van der Waals surface area (Å²) in [7, 11) is 0. The molecule has 0 aromatic carbocycles. The summed E-state index contributed by atoms with van der Waals surface area (Å²) in [6.07, 6.45) is 7.28. The molecule has 0 saturated carbocycles. The first-order valence-corrected chi connectivity index (χ1v) is 7.90. The molecule has 112 valence electrons. The van der Waals surface area contributed by atoms with E-state index in [2.05, 4.69) is 24.1 Å². The molecule has 1 aliphatic heterocycles. The number of unbranched alkanes of at least 4 members (excludes halogenated alkanes) is 1. The molecule has 1 rings (SSSR count). The second kappa shape index (κ2) is 9.32. The molecule has 3 N–H and O–H groups in total. The summed E-state index contributed by atoms with van der Waals surface area (Å²) in [6.45, 7) is 8.07. The Morgan fingerprint density at radius 1 is 1.37 bits per heavy atom. The van der Waals surface area contributed by atoms with Crippen molar-refractivity contribution < 1.29 is 4.79 Å². The lowest BCUT2D eigenvalue weighted by Gasteiger charge is -2.36. The molecule has 0 radical (unpaired) electrons. The summed E-state index contributed by atoms with van der Waals surface area (Å²) >= 11 is 0. The highest BCUT2D eigenvalue weighted by Gasteiger charge is 2.24. The largest absolute Gasteiger partial charge is 0.369 e. The van der Waals surface area contributed by atoms with Crippen LogP contribution >= 0.6 is 0 Å². The van der Waals surface area contributed by atoms with Gasteiger partial charge in [-0.3, -0.25) is 9.69 Å². The van der Waals surface area contributed by atoms with Crippen molar-refractivity contribution in [3.63, 3.8) is 0 Å². The molecule has 1 saturated heterocycles. The van der Waals surface area contributed by atoms with Crippen molar-refractivity contribution in [2.45, 2.75) is 58.4 Å². The highest BCUT2D eigenvalue weighted by Crippen LogP contribution is 2.19. The molecule has 0 spiro atoms. The molecule has 0 aromatic rings. The summed E-state index contributed by atoms with van der Waals surface area (Å²) in [5, 5.41) is 3.38. The van der Waals surface area contributed by atoms with Gasteiger partial charge < -0.3 is 11.1 Å². The van der Waals surface area contributed by atoms with Gasteiger partial charge in [-0.2, -0.15) is 0 Å². The predicted molar refractivity (Wildman–Crippen MR) is 80.0 cm³/mol. The highest BCUT2D eigenvalue weighted by molar-refractivity contribution is 5.75. The molecule has 1 amide bonds. The van der Waals surface area contributed by atoms with Crippen molar-refractivity contribution in [3.05, 3.63) is 0 Å². The summed E-state index contributed by atoms with van der Waals surface area (Å²) in [5.74, 6) is 0.512. The molecule has 4 nitrogen and oxygen atoms in total. The van der Waals surface area contributed by atoms with Gasteiger partial charge in [-0.1, -0.05) is 33.1 Å². The van der Waals surface area contributed by atoms with Crippen molar-refractivity contribution >= 4 is 5.91 Å². The minimum Gasteiger partial charge on any atom is -0.369 e. The number of nitrogens with two attached hydrogens (primary N) is 1. The van der Waals surface area contributed by atoms with Gasteiger partial charge in [0.25, 0.3) is 0 Å². The van der Waals surface area contributed by atoms with Gasteiger partial charge in [0.05, 0.1) is 6.54 Å². The minimum absolute atomic E-state index is 0.191. The summed E-state index contributed by atoms with van der Waals surface area (Å²) in [6, 6.07) is 0.532. The van der Waals surface area contributed by atoms with E-state index in [-0.39, 0.29) is 5.91 Å². The number of piperidine rings is 1. The van der Waals surface area contributed by atoms with Crippen LogP contribution in [0.4, 0.5) is 0 Å². The smallest absolute Gasteiger partial charge is 0.231 e. The van der Waals surface area contributed by atoms with Gasteiger partial charge in [0.15, 0.2) is 0 Å². The summed E-state index contributed by atoms with van der Waals surface area (Å²) in [4.78, 5) is 13.6. The lowest BCUT2D eigenvalue weighted by atomic mass is 9.96. The monoisotopic (exact) mass is 269 g/mol. The number of amides is 1. The standard InChI is InChI=1S/C15H31N3O/c1-3-5-6-13(4-2)11-18(12-15(16)19)14-7-9-17-10-8-14/h13-14,17H,3-12H2,1-2H3,(H2,16,19). The van der Waals surface area contributed by atoms with Crippen LogP contribution in [-0.2, 0) is 4.79 Å². The first kappa shape index (κ1) is 16.4. The Labute approximate surface area is 118 Å². The average Bonchev–Trinajstić information content (AvgIpc) is 2.42. The normalized spacial score (nSPS) is 18.7. The number of nitrogens with one attached hydrogen (secondary N) is 1. The van der Waals surface area contributed by atoms with E-state index in [9.17, 15) is 4.79 Å². The third-order valence-corrected chi connectivity index (χ3v) is 4.22. The molecule has 0 aromatic heterocycles. The van der Waals surface area contributed by atoms with Gasteiger partial charge >= 0.3 is 0 Å². The molecule has 4 heteroatoms. The van der Waals surface area contributed by atoms with Crippen molar-refractivity contribution in [3.8, 4) is 0 Å². The van der Waals surface area contributed by atoms with E-state index < -0.39 is 0 Å². The zero-order valence-corrected chi connectivity index (χ0v) is 12.7. The topological polar surface area (TPSA) is 58.4 Å². The Hall–Kier alpha value is -0.610. The fourth-order valence-corrected chi connectivity index (χ4v) is 2.96. The number of nitrogens with zero attached hydrogens (tertiary/aromatic N) is 1. The van der Waals surface area contributed by atoms with Crippen molar-refractivity contribution in [1.29, 1.82) is 0 Å². The van der Waals surface area contributed by atoms with Crippen LogP contribution in [0, 0.1) is 5.92 Å². The number of hydrogen-bond acceptors (Lipinski definition) is 3. The molecule has 1 aliphatic rings. The second-order valence-electron chi connectivity index (χ2n) is 5.79. The zero-order chi connectivity index (χ0) is 14.1. The molecular weight excluding hydrogens is 238 g/mol. The highest BCUT2D eigenvalue weighted by atomic mass is 16.1. The van der Waals surface area contributed by atoms with E-state index in [1.807, 2.05) is 0 Å². The van der Waals surface area contributed by atoms with Gasteiger partial charge in [0.2, 0.25) is 5.91 Å². The number of carbonyl (C=O) groups is 1. The van der Waals surface area contributed by atoms with E-state index in [1.54, 1.807) is 0 Å². The van der Waals surface area contributed by atoms with E-state index in [0.29, 0.717) is 18.5 Å². The number of carbonyl (C=O) groups excluding carboxylic acids is 1. The van der Waals surface area contributed by atoms with Crippen molar-refractivity contribution in [2.75, 3.05) is 26.2 Å². The SMILES string of the molecule is CCCCC(CC)CN(CC(N)=O)C1CCNCC1. The zero-order valence-electron chi connectivity index (χ0n) is 12.7. The van der Waals surface area contributed by atoms with Crippen molar-refractivity contribution in [2.24, 2.45) is 11.7 Å². The maximum absolute atomic E-state index is 11.3. The maximum atomic E-state index is 11.3.